The van der Waals surface area contributed by atoms with Crippen molar-refractivity contribution in [2.45, 2.75) is 78.3 Å². The number of hydrogen-bond donors (Lipinski definition) is 0. The number of carbonyl (C=O) groups excluding carboxylic acids is 2. The highest BCUT2D eigenvalue weighted by Crippen LogP contribution is 2.32. The third-order valence-electron chi connectivity index (χ3n) is 6.42. The molecule has 5 heteroatoms. The first-order valence-corrected chi connectivity index (χ1v) is 12.3. The number of fused-ring (bicyclic) bond motifs is 1. The Morgan fingerprint density at radius 3 is 2.44 bits per heavy atom. The monoisotopic (exact) mass is 437 g/mol. The maximum Gasteiger partial charge on any atom is 0.243 e. The second kappa shape index (κ2) is 11.9. The summed E-state index contributed by atoms with van der Waals surface area (Å²) in [6, 6.07) is 12.5. The van der Waals surface area contributed by atoms with Gasteiger partial charge in [0, 0.05) is 37.9 Å². The van der Waals surface area contributed by atoms with E-state index in [1.54, 1.807) is 4.90 Å². The average Bonchev–Trinajstić information content (AvgIpc) is 3.27. The SMILES string of the molecule is CCCCCCCC(=O)N(CCC)CC(=O)N1CCn2cccc2C1c1ccc(C)cc1. The molecule has 174 valence electrons. The van der Waals surface area contributed by atoms with E-state index in [1.807, 2.05) is 4.90 Å². The smallest absolute Gasteiger partial charge is 0.243 e. The first kappa shape index (κ1) is 24.1. The molecule has 0 aliphatic carbocycles. The number of aryl methyl sites for hydroxylation is 1. The van der Waals surface area contributed by atoms with Crippen LogP contribution in [0.4, 0.5) is 0 Å². The molecule has 1 aromatic carbocycles. The van der Waals surface area contributed by atoms with Crippen LogP contribution in [0.5, 0.6) is 0 Å². The molecule has 0 bridgehead atoms. The zero-order valence-electron chi connectivity index (χ0n) is 20.1. The van der Waals surface area contributed by atoms with E-state index in [1.165, 1.54) is 24.8 Å². The van der Waals surface area contributed by atoms with Crippen molar-refractivity contribution in [3.63, 3.8) is 0 Å². The van der Waals surface area contributed by atoms with Gasteiger partial charge >= 0.3 is 0 Å². The lowest BCUT2D eigenvalue weighted by Gasteiger charge is -2.38. The lowest BCUT2D eigenvalue weighted by atomic mass is 9.98. The molecule has 1 atom stereocenters. The number of hydrogen-bond acceptors (Lipinski definition) is 2. The number of benzene rings is 1. The fraction of sp³-hybridized carbons (Fsp3) is 0.556. The van der Waals surface area contributed by atoms with Crippen LogP contribution in [0.1, 0.15) is 81.7 Å². The highest BCUT2D eigenvalue weighted by Gasteiger charge is 2.33. The van der Waals surface area contributed by atoms with Crippen LogP contribution in [-0.2, 0) is 16.1 Å². The first-order chi connectivity index (χ1) is 15.5. The molecular formula is C27H39N3O2. The minimum atomic E-state index is -0.112. The number of nitrogens with zero attached hydrogens (tertiary/aromatic N) is 3. The predicted molar refractivity (Wildman–Crippen MR) is 129 cm³/mol. The molecule has 0 fully saturated rings. The third kappa shape index (κ3) is 6.02. The largest absolute Gasteiger partial charge is 0.348 e. The number of amides is 2. The lowest BCUT2D eigenvalue weighted by molar-refractivity contribution is -0.142. The van der Waals surface area contributed by atoms with E-state index in [4.69, 9.17) is 0 Å². The Hall–Kier alpha value is -2.56. The highest BCUT2D eigenvalue weighted by atomic mass is 16.2. The van der Waals surface area contributed by atoms with Crippen LogP contribution in [0.2, 0.25) is 0 Å². The van der Waals surface area contributed by atoms with Gasteiger partial charge in [0.2, 0.25) is 11.8 Å². The standard InChI is InChI=1S/C27H39N3O2/c1-4-6-7-8-9-12-25(31)29(17-5-2)21-26(32)30-20-19-28-18-10-11-24(28)27(30)23-15-13-22(3)14-16-23/h10-11,13-16,18,27H,4-9,12,17,19-21H2,1-3H3. The van der Waals surface area contributed by atoms with Crippen LogP contribution in [0.15, 0.2) is 42.6 Å². The maximum atomic E-state index is 13.5. The number of aromatic nitrogens is 1. The Labute approximate surface area is 193 Å². The summed E-state index contributed by atoms with van der Waals surface area (Å²) in [5, 5.41) is 0. The van der Waals surface area contributed by atoms with E-state index in [9.17, 15) is 9.59 Å². The molecule has 2 amide bonds. The van der Waals surface area contributed by atoms with Gasteiger partial charge in [-0.05, 0) is 37.5 Å². The Kier molecular flexibility index (Phi) is 8.95. The quantitative estimate of drug-likeness (QED) is 0.446. The molecular weight excluding hydrogens is 398 g/mol. The van der Waals surface area contributed by atoms with E-state index < -0.39 is 0 Å². The van der Waals surface area contributed by atoms with Gasteiger partial charge in [-0.3, -0.25) is 9.59 Å². The van der Waals surface area contributed by atoms with E-state index in [-0.39, 0.29) is 24.4 Å². The number of carbonyl (C=O) groups is 2. The highest BCUT2D eigenvalue weighted by molar-refractivity contribution is 5.85. The van der Waals surface area contributed by atoms with E-state index in [2.05, 4.69) is 67.9 Å². The average molecular weight is 438 g/mol. The molecule has 0 spiro atoms. The number of rotatable bonds is 11. The van der Waals surface area contributed by atoms with Crippen LogP contribution in [0, 0.1) is 6.92 Å². The molecule has 1 unspecified atom stereocenters. The van der Waals surface area contributed by atoms with E-state index >= 15 is 0 Å². The zero-order valence-corrected chi connectivity index (χ0v) is 20.1. The van der Waals surface area contributed by atoms with Crippen LogP contribution in [-0.4, -0.2) is 45.8 Å². The van der Waals surface area contributed by atoms with E-state index in [0.29, 0.717) is 19.5 Å². The van der Waals surface area contributed by atoms with Gasteiger partial charge < -0.3 is 14.4 Å². The normalized spacial score (nSPS) is 15.5. The van der Waals surface area contributed by atoms with Gasteiger partial charge in [0.1, 0.15) is 0 Å². The fourth-order valence-electron chi connectivity index (χ4n) is 4.61. The number of unbranched alkanes of at least 4 members (excludes halogenated alkanes) is 4. The summed E-state index contributed by atoms with van der Waals surface area (Å²) in [4.78, 5) is 30.1. The van der Waals surface area contributed by atoms with Gasteiger partial charge in [0.05, 0.1) is 12.6 Å². The van der Waals surface area contributed by atoms with Gasteiger partial charge in [0.15, 0.2) is 0 Å². The first-order valence-electron chi connectivity index (χ1n) is 12.3. The van der Waals surface area contributed by atoms with Crippen molar-refractivity contribution in [3.05, 3.63) is 59.4 Å². The summed E-state index contributed by atoms with van der Waals surface area (Å²) in [5.41, 5.74) is 3.46. The topological polar surface area (TPSA) is 45.6 Å². The minimum Gasteiger partial charge on any atom is -0.348 e. The molecule has 2 aromatic rings. The summed E-state index contributed by atoms with van der Waals surface area (Å²) in [5.74, 6) is 0.153. The Morgan fingerprint density at radius 1 is 0.969 bits per heavy atom. The van der Waals surface area contributed by atoms with Gasteiger partial charge in [0.25, 0.3) is 0 Å². The molecule has 1 aromatic heterocycles. The Bertz CT molecular complexity index is 871. The molecule has 0 N–H and O–H groups in total. The summed E-state index contributed by atoms with van der Waals surface area (Å²) < 4.78 is 2.24. The molecule has 32 heavy (non-hydrogen) atoms. The molecule has 1 aliphatic rings. The van der Waals surface area contributed by atoms with Gasteiger partial charge in [-0.1, -0.05) is 69.4 Å². The van der Waals surface area contributed by atoms with Crippen LogP contribution >= 0.6 is 0 Å². The predicted octanol–water partition coefficient (Wildman–Crippen LogP) is 5.33. The van der Waals surface area contributed by atoms with Crippen molar-refractivity contribution < 1.29 is 9.59 Å². The van der Waals surface area contributed by atoms with Crippen molar-refractivity contribution >= 4 is 11.8 Å². The van der Waals surface area contributed by atoms with Crippen LogP contribution < -0.4 is 0 Å². The summed E-state index contributed by atoms with van der Waals surface area (Å²) in [6.07, 6.45) is 9.10. The molecule has 2 heterocycles. The maximum absolute atomic E-state index is 13.5. The third-order valence-corrected chi connectivity index (χ3v) is 6.42. The summed E-state index contributed by atoms with van der Waals surface area (Å²) in [6.45, 7) is 8.59. The van der Waals surface area contributed by atoms with Crippen molar-refractivity contribution in [3.8, 4) is 0 Å². The lowest BCUT2D eigenvalue weighted by Crippen LogP contribution is -2.48. The Balaban J connectivity index is 1.72. The minimum absolute atomic E-state index is 0.0378. The second-order valence-electron chi connectivity index (χ2n) is 9.01. The molecule has 0 saturated carbocycles. The van der Waals surface area contributed by atoms with Crippen molar-refractivity contribution in [1.29, 1.82) is 0 Å². The summed E-state index contributed by atoms with van der Waals surface area (Å²) >= 11 is 0. The fourth-order valence-corrected chi connectivity index (χ4v) is 4.61. The molecule has 5 nitrogen and oxygen atoms in total. The van der Waals surface area contributed by atoms with Crippen molar-refractivity contribution in [2.24, 2.45) is 0 Å². The van der Waals surface area contributed by atoms with Gasteiger partial charge in [-0.15, -0.1) is 0 Å². The van der Waals surface area contributed by atoms with Crippen molar-refractivity contribution in [1.82, 2.24) is 14.4 Å². The zero-order chi connectivity index (χ0) is 22.9. The van der Waals surface area contributed by atoms with Gasteiger partial charge in [-0.2, -0.15) is 0 Å². The molecule has 1 aliphatic heterocycles. The van der Waals surface area contributed by atoms with E-state index in [0.717, 1.165) is 37.1 Å². The van der Waals surface area contributed by atoms with Crippen LogP contribution in [0.3, 0.4) is 0 Å². The molecule has 0 saturated heterocycles. The van der Waals surface area contributed by atoms with Gasteiger partial charge in [-0.25, -0.2) is 0 Å². The van der Waals surface area contributed by atoms with Crippen LogP contribution in [0.25, 0.3) is 0 Å². The molecule has 3 rings (SSSR count). The Morgan fingerprint density at radius 2 is 1.72 bits per heavy atom. The second-order valence-corrected chi connectivity index (χ2v) is 9.01. The molecule has 0 radical (unpaired) electrons. The summed E-state index contributed by atoms with van der Waals surface area (Å²) in [7, 11) is 0. The van der Waals surface area contributed by atoms with Crippen molar-refractivity contribution in [2.75, 3.05) is 19.6 Å².